The highest BCUT2D eigenvalue weighted by Gasteiger charge is 2.21. The molecule has 4 aromatic heterocycles. The number of nitrogens with zero attached hydrogens (tertiary/aromatic N) is 2. The first kappa shape index (κ1) is 37.8. The van der Waals surface area contributed by atoms with Crippen LogP contribution in [0.4, 0.5) is 34.1 Å². The normalized spacial score (nSPS) is 12.1. The summed E-state index contributed by atoms with van der Waals surface area (Å²) in [6, 6.07) is 79.0. The van der Waals surface area contributed by atoms with Crippen LogP contribution in [0.15, 0.2) is 227 Å². The average molecular weight is 905 g/mol. The number of rotatable bonds is 6. The first-order valence-electron chi connectivity index (χ1n) is 22.9. The van der Waals surface area contributed by atoms with Crippen molar-refractivity contribution in [2.75, 3.05) is 9.80 Å². The predicted molar refractivity (Wildman–Crippen MR) is 291 cm³/mol. The maximum Gasteiger partial charge on any atom is 0.147 e. The molecule has 0 aliphatic rings. The van der Waals surface area contributed by atoms with Gasteiger partial charge in [-0.2, -0.15) is 0 Å². The zero-order valence-corrected chi connectivity index (χ0v) is 37.9. The maximum atomic E-state index is 6.92. The van der Waals surface area contributed by atoms with Gasteiger partial charge in [-0.15, -0.1) is 22.7 Å². The molecule has 6 heteroatoms. The molecule has 0 unspecified atom stereocenters. The van der Waals surface area contributed by atoms with E-state index in [4.69, 9.17) is 8.83 Å². The highest BCUT2D eigenvalue weighted by molar-refractivity contribution is 7.26. The van der Waals surface area contributed by atoms with Crippen LogP contribution in [0.5, 0.6) is 0 Å². The van der Waals surface area contributed by atoms with Crippen molar-refractivity contribution >= 4 is 163 Å². The molecule has 0 saturated heterocycles. The highest BCUT2D eigenvalue weighted by atomic mass is 32.1. The van der Waals surface area contributed by atoms with E-state index in [1.54, 1.807) is 0 Å². The molecule has 0 amide bonds. The quantitative estimate of drug-likeness (QED) is 0.166. The van der Waals surface area contributed by atoms with E-state index in [1.807, 2.05) is 22.7 Å². The van der Waals surface area contributed by atoms with Gasteiger partial charge in [-0.25, -0.2) is 0 Å². The molecule has 0 saturated carbocycles. The minimum absolute atomic E-state index is 0.810. The van der Waals surface area contributed by atoms with Crippen molar-refractivity contribution in [1.82, 2.24) is 0 Å². The Kier molecular flexibility index (Phi) is 8.07. The van der Waals surface area contributed by atoms with Crippen molar-refractivity contribution in [2.24, 2.45) is 0 Å². The van der Waals surface area contributed by atoms with Crippen LogP contribution >= 0.6 is 22.7 Å². The number of para-hydroxylation sites is 2. The van der Waals surface area contributed by atoms with Gasteiger partial charge in [-0.3, -0.25) is 0 Å². The molecule has 15 rings (SSSR count). The van der Waals surface area contributed by atoms with E-state index in [0.717, 1.165) is 99.5 Å². The van der Waals surface area contributed by atoms with E-state index in [9.17, 15) is 0 Å². The van der Waals surface area contributed by atoms with Crippen molar-refractivity contribution in [1.29, 1.82) is 0 Å². The number of anilines is 6. The summed E-state index contributed by atoms with van der Waals surface area (Å²) in [6.45, 7) is 0. The van der Waals surface area contributed by atoms with Gasteiger partial charge in [0, 0.05) is 90.6 Å². The highest BCUT2D eigenvalue weighted by Crippen LogP contribution is 2.46. The Morgan fingerprint density at radius 2 is 0.735 bits per heavy atom. The van der Waals surface area contributed by atoms with Crippen LogP contribution in [0, 0.1) is 0 Å². The van der Waals surface area contributed by atoms with Gasteiger partial charge < -0.3 is 18.6 Å². The van der Waals surface area contributed by atoms with Crippen molar-refractivity contribution < 1.29 is 8.83 Å². The first-order valence-corrected chi connectivity index (χ1v) is 24.5. The van der Waals surface area contributed by atoms with Crippen LogP contribution in [0.3, 0.4) is 0 Å². The lowest BCUT2D eigenvalue weighted by atomic mass is 10.0. The Hall–Kier alpha value is -8.42. The molecular formula is C62H36N2O2S2. The molecule has 0 fully saturated rings. The average Bonchev–Trinajstić information content (AvgIpc) is 4.15. The molecule has 68 heavy (non-hydrogen) atoms. The molecule has 318 valence electrons. The van der Waals surface area contributed by atoms with Gasteiger partial charge in [0.25, 0.3) is 0 Å². The van der Waals surface area contributed by atoms with Crippen LogP contribution in [0.1, 0.15) is 0 Å². The van der Waals surface area contributed by atoms with Gasteiger partial charge in [-0.1, -0.05) is 84.9 Å². The molecule has 0 atom stereocenters. The fourth-order valence-electron chi connectivity index (χ4n) is 10.6. The van der Waals surface area contributed by atoms with Gasteiger partial charge in [0.15, 0.2) is 0 Å². The summed E-state index contributed by atoms with van der Waals surface area (Å²) in [4.78, 5) is 4.71. The molecule has 4 nitrogen and oxygen atoms in total. The molecule has 4 heterocycles. The van der Waals surface area contributed by atoms with E-state index in [1.165, 1.54) is 40.3 Å². The lowest BCUT2D eigenvalue weighted by molar-refractivity contribution is 0.663. The lowest BCUT2D eigenvalue weighted by Gasteiger charge is -2.26. The Balaban J connectivity index is 0.845. The molecule has 11 aromatic carbocycles. The standard InChI is InChI=1S/C62H36N2O2S2/c1-3-11-41(12-4-1)63(45-23-27-59-51(35-45)47-15-7-9-17-57(47)67-59)43-21-19-37-31-50-49-25-26-54-61(62(49)66-55(50)33-39(37)29-43)53-32-38-20-22-44(30-40(38)34-56(53)65-54)64(42-13-5-2-6-14-42)46-24-28-60-52(36-46)48-16-8-10-18-58(48)68-60/h1-36H. The van der Waals surface area contributed by atoms with E-state index in [2.05, 4.69) is 228 Å². The SMILES string of the molecule is c1ccc(N(c2ccc3cc4c(cc3c2)oc2c4ccc3oc4cc5cc(N(c6ccccc6)c6ccc7sc8ccccc8c7c6)ccc5cc4c32)c2ccc3sc4ccccc4c3c2)cc1. The van der Waals surface area contributed by atoms with Gasteiger partial charge in [0.2, 0.25) is 0 Å². The number of hydrogen-bond donors (Lipinski definition) is 0. The number of furan rings is 2. The van der Waals surface area contributed by atoms with Crippen LogP contribution in [-0.2, 0) is 0 Å². The van der Waals surface area contributed by atoms with Crippen molar-refractivity contribution in [2.45, 2.75) is 0 Å². The van der Waals surface area contributed by atoms with Gasteiger partial charge in [0.1, 0.15) is 22.3 Å². The van der Waals surface area contributed by atoms with Gasteiger partial charge >= 0.3 is 0 Å². The third kappa shape index (κ3) is 5.78. The van der Waals surface area contributed by atoms with Crippen LogP contribution < -0.4 is 9.80 Å². The second-order valence-electron chi connectivity index (χ2n) is 17.7. The van der Waals surface area contributed by atoms with E-state index in [0.29, 0.717) is 0 Å². The summed E-state index contributed by atoms with van der Waals surface area (Å²) in [6.07, 6.45) is 0. The van der Waals surface area contributed by atoms with E-state index in [-0.39, 0.29) is 0 Å². The van der Waals surface area contributed by atoms with Crippen LogP contribution in [0.25, 0.3) is 106 Å². The summed E-state index contributed by atoms with van der Waals surface area (Å²) in [5, 5.41) is 13.8. The first-order chi connectivity index (χ1) is 33.6. The van der Waals surface area contributed by atoms with E-state index >= 15 is 0 Å². The van der Waals surface area contributed by atoms with Gasteiger partial charge in [-0.05, 0) is 155 Å². The third-order valence-electron chi connectivity index (χ3n) is 13.7. The molecule has 0 aliphatic carbocycles. The Morgan fingerprint density at radius 3 is 1.31 bits per heavy atom. The molecule has 0 N–H and O–H groups in total. The molecule has 0 aliphatic heterocycles. The Morgan fingerprint density at radius 1 is 0.265 bits per heavy atom. The number of hydrogen-bond acceptors (Lipinski definition) is 6. The van der Waals surface area contributed by atoms with Crippen LogP contribution in [-0.4, -0.2) is 0 Å². The summed E-state index contributed by atoms with van der Waals surface area (Å²) in [7, 11) is 0. The Labute approximate surface area is 397 Å². The minimum atomic E-state index is 0.810. The molecule has 0 radical (unpaired) electrons. The van der Waals surface area contributed by atoms with Crippen molar-refractivity contribution in [3.8, 4) is 0 Å². The third-order valence-corrected chi connectivity index (χ3v) is 16.0. The van der Waals surface area contributed by atoms with Crippen molar-refractivity contribution in [3.63, 3.8) is 0 Å². The zero-order valence-electron chi connectivity index (χ0n) is 36.3. The summed E-state index contributed by atoms with van der Waals surface area (Å²) in [5.41, 5.74) is 9.94. The number of fused-ring (bicyclic) bond motifs is 15. The molecular weight excluding hydrogens is 869 g/mol. The fraction of sp³-hybridized carbons (Fsp3) is 0. The monoisotopic (exact) mass is 904 g/mol. The van der Waals surface area contributed by atoms with Gasteiger partial charge in [0.05, 0.1) is 5.39 Å². The smallest absolute Gasteiger partial charge is 0.147 e. The number of thiophene rings is 2. The summed E-state index contributed by atoms with van der Waals surface area (Å²) in [5.74, 6) is 0. The van der Waals surface area contributed by atoms with E-state index < -0.39 is 0 Å². The van der Waals surface area contributed by atoms with Crippen molar-refractivity contribution in [3.05, 3.63) is 218 Å². The lowest BCUT2D eigenvalue weighted by Crippen LogP contribution is -2.09. The second kappa shape index (κ2) is 14.5. The Bertz CT molecular complexity index is 4520. The molecule has 15 aromatic rings. The minimum Gasteiger partial charge on any atom is -0.456 e. The molecule has 0 bridgehead atoms. The van der Waals surface area contributed by atoms with Crippen LogP contribution in [0.2, 0.25) is 0 Å². The fourth-order valence-corrected chi connectivity index (χ4v) is 12.8. The number of benzene rings is 11. The maximum absolute atomic E-state index is 6.92. The summed E-state index contributed by atoms with van der Waals surface area (Å²) >= 11 is 3.69. The summed E-state index contributed by atoms with van der Waals surface area (Å²) < 4.78 is 18.8. The largest absolute Gasteiger partial charge is 0.456 e. The zero-order chi connectivity index (χ0) is 44.5. The predicted octanol–water partition coefficient (Wildman–Crippen LogP) is 19.5. The second-order valence-corrected chi connectivity index (χ2v) is 19.8. The molecule has 0 spiro atoms. The topological polar surface area (TPSA) is 32.8 Å².